The van der Waals surface area contributed by atoms with Gasteiger partial charge in [-0.25, -0.2) is 75.7 Å². The zero-order valence-electron chi connectivity index (χ0n) is 78.1. The Morgan fingerprint density at radius 1 is 0.315 bits per heavy atom. The molecule has 0 heterocycles. The highest BCUT2D eigenvalue weighted by molar-refractivity contribution is 7.86. The fourth-order valence-electron chi connectivity index (χ4n) is 19.0. The molecule has 3 atom stereocenters. The van der Waals surface area contributed by atoms with Gasteiger partial charge in [-0.2, -0.15) is 0 Å². The molecule has 758 valence electrons. The maximum absolute atomic E-state index is 13.3. The summed E-state index contributed by atoms with van der Waals surface area (Å²) >= 11 is 0. The van der Waals surface area contributed by atoms with Gasteiger partial charge in [-0.15, -0.1) is 0 Å². The van der Waals surface area contributed by atoms with Gasteiger partial charge in [0.25, 0.3) is 0 Å². The minimum absolute atomic E-state index is 0.00794. The van der Waals surface area contributed by atoms with E-state index in [4.69, 9.17) is 86.6 Å². The predicted octanol–water partition coefficient (Wildman–Crippen LogP) is 9.02. The number of esters is 10. The first-order valence-electron chi connectivity index (χ1n) is 45.8. The number of hydrogen-bond donors (Lipinski definition) is 0. The van der Waals surface area contributed by atoms with Gasteiger partial charge in [0, 0.05) is 11.8 Å². The topological polar surface area (TPSA) is 566 Å². The summed E-state index contributed by atoms with van der Waals surface area (Å²) in [5, 5.41) is 1.53. The number of carbonyl (C=O) groups excluding carboxylic acids is 11. The van der Waals surface area contributed by atoms with Crippen molar-refractivity contribution in [3.05, 3.63) is 272 Å². The van der Waals surface area contributed by atoms with E-state index >= 15 is 0 Å². The maximum Gasteiger partial charge on any atom is 0.344 e. The van der Waals surface area contributed by atoms with Crippen LogP contribution in [0.15, 0.2) is 194 Å². The molecular formula is C100H92B5O36S5-5. The third kappa shape index (κ3) is 30.9. The standard InChI is InChI=1S/C21H23BO8S.C21H25BO7S.C21H17BO7S.C20H17BO7S.C17H15BO7S/c22-11-12-1-2-16(19(24)29-3-4-31(26,27)28)17(7-12)30-20(25)21-8-13-5-14(9-21)18(23)15(6-13)10-21;22-12-13-1-2-17(19(23)28-3-4-30(25,26)27)18(8-13)29-20(24)21-9-14-5-15(10-21)7-16(6-14)11-21;22-13-14-8-9-18(20(23)28-10-11-30(25,26)27)19(12-14)29-21(24)17-7-3-5-15-4-1-2-6-16(15)17;21-12-13-5-7-17(19(22)27-9-10-29(24,25)26)18(11-13)28-20(23)16-8-6-14-3-1-2-4-15(14)16;18-11-12-6-7-14(17(20)24-8-9-26(21,22)23)15(10-12)25-16(19)13-4-2-1-3-5-13/h1-2,7,13-15H,3-6,8-11H2,(H,26,27,28);1-2,8,14-16H,3-7,9-12H2,(H,25,26,27);1-9,12H,10-11,13H2,(H,25,26,27);1-8,11,16H,9-10,12H2,(H,24,25,26);1-7,10H,8-9,11H2,(H,21,22,23)/p-5. The van der Waals surface area contributed by atoms with E-state index in [1.165, 1.54) is 73.9 Å². The lowest BCUT2D eigenvalue weighted by atomic mass is 9.49. The Labute approximate surface area is 848 Å². The minimum atomic E-state index is -4.53. The Kier molecular flexibility index (Phi) is 37.7. The van der Waals surface area contributed by atoms with E-state index in [0.717, 1.165) is 48.6 Å². The van der Waals surface area contributed by atoms with Gasteiger partial charge in [-0.1, -0.05) is 181 Å². The molecule has 146 heavy (non-hydrogen) atoms. The summed E-state index contributed by atoms with van der Waals surface area (Å²) in [6.07, 6.45) is 13.6. The first-order valence-corrected chi connectivity index (χ1v) is 53.7. The second-order valence-corrected chi connectivity index (χ2v) is 43.3. The predicted molar refractivity (Wildman–Crippen MR) is 521 cm³/mol. The summed E-state index contributed by atoms with van der Waals surface area (Å²) in [6.45, 7) is -2.98. The summed E-state index contributed by atoms with van der Waals surface area (Å²) in [7, 11) is 5.59. The van der Waals surface area contributed by atoms with Crippen molar-refractivity contribution in [3.8, 4) is 28.7 Å². The molecule has 9 aromatic rings. The summed E-state index contributed by atoms with van der Waals surface area (Å²) < 4.78 is 212. The van der Waals surface area contributed by atoms with E-state index in [1.807, 2.05) is 48.5 Å². The van der Waals surface area contributed by atoms with Crippen LogP contribution in [0.1, 0.15) is 188 Å². The number of Topliss-reactive ketones (excluding diaryl/α,β-unsaturated/α-hetero) is 1. The van der Waals surface area contributed by atoms with Crippen molar-refractivity contribution >= 4 is 172 Å². The fourth-order valence-corrected chi connectivity index (χ4v) is 20.4. The molecule has 9 aromatic carbocycles. The van der Waals surface area contributed by atoms with Crippen LogP contribution in [-0.4, -0.2) is 231 Å². The normalized spacial score (nSPS) is 19.5. The highest BCUT2D eigenvalue weighted by Crippen LogP contribution is 2.61. The van der Waals surface area contributed by atoms with Crippen molar-refractivity contribution in [1.29, 1.82) is 0 Å². The Morgan fingerprint density at radius 3 is 0.986 bits per heavy atom. The summed E-state index contributed by atoms with van der Waals surface area (Å²) in [5.41, 5.74) is 3.89. The SMILES string of the molecule is [B]Cc1ccc(C(=O)OCCS(=O)(=O)[O-])c(OC(=O)C23CC4CC(C2)C(=O)C(C4)C3)c1.[B]Cc1ccc(C(=O)OCCS(=O)(=O)[O-])c(OC(=O)C23CC4CC(CC(C4)C2)C3)c1.[B]Cc1ccc(C(=O)OCCS(=O)(=O)[O-])c(OC(=O)C2C=Cc3ccccc32)c1.[B]Cc1ccc(C(=O)OCCS(=O)(=O)[O-])c(OC(=O)c2cccc3ccccc23)c1.[B]Cc1ccc(C(=O)OCCS(=O)(=O)[O-])c(OC(=O)c2ccccc2)c1. The molecule has 9 aliphatic rings. The number of ether oxygens (including phenoxy) is 10. The Hall–Kier alpha value is -12.8. The lowest BCUT2D eigenvalue weighted by Gasteiger charge is -2.55. The smallest absolute Gasteiger partial charge is 0.344 e. The van der Waals surface area contributed by atoms with Crippen LogP contribution in [0, 0.1) is 46.3 Å². The summed E-state index contributed by atoms with van der Waals surface area (Å²) in [6, 6.07) is 50.0. The molecule has 0 amide bonds. The zero-order valence-corrected chi connectivity index (χ0v) is 82.2. The lowest BCUT2D eigenvalue weighted by Crippen LogP contribution is -2.55. The highest BCUT2D eigenvalue weighted by Gasteiger charge is 2.60. The van der Waals surface area contributed by atoms with Crippen LogP contribution >= 0.6 is 0 Å². The second kappa shape index (κ2) is 49.2. The molecule has 0 aliphatic heterocycles. The lowest BCUT2D eigenvalue weighted by molar-refractivity contribution is -0.167. The average Bonchev–Trinajstić information content (AvgIpc) is 1.02. The fraction of sp³-hybridized carbons (Fsp3) is 0.350. The van der Waals surface area contributed by atoms with Gasteiger partial charge in [0.1, 0.15) is 101 Å². The molecule has 0 spiro atoms. The number of benzene rings is 9. The molecule has 8 bridgehead atoms. The molecular weight excluding hydrogens is 1990 g/mol. The molecule has 18 rings (SSSR count). The summed E-state index contributed by atoms with van der Waals surface area (Å²) in [4.78, 5) is 138. The average molecular weight is 2080 g/mol. The van der Waals surface area contributed by atoms with Gasteiger partial charge in [-0.05, 0) is 195 Å². The van der Waals surface area contributed by atoms with Crippen molar-refractivity contribution in [2.24, 2.45) is 46.3 Å². The van der Waals surface area contributed by atoms with E-state index in [9.17, 15) is 118 Å². The number of carbonyl (C=O) groups is 11. The molecule has 46 heteroatoms. The van der Waals surface area contributed by atoms with E-state index in [0.29, 0.717) is 81.7 Å². The Bertz CT molecular complexity index is 7040. The van der Waals surface area contributed by atoms with Crippen LogP contribution in [0.4, 0.5) is 0 Å². The molecule has 0 saturated heterocycles. The molecule has 0 aromatic heterocycles. The second-order valence-electron chi connectivity index (χ2n) is 35.7. The van der Waals surface area contributed by atoms with Gasteiger partial charge in [-0.3, -0.25) is 19.2 Å². The van der Waals surface area contributed by atoms with Gasteiger partial charge in [0.05, 0.1) is 141 Å². The van der Waals surface area contributed by atoms with E-state index < -0.39 is 183 Å². The van der Waals surface area contributed by atoms with Crippen LogP contribution in [0.5, 0.6) is 28.7 Å². The minimum Gasteiger partial charge on any atom is -0.748 e. The van der Waals surface area contributed by atoms with Crippen molar-refractivity contribution in [1.82, 2.24) is 0 Å². The van der Waals surface area contributed by atoms with Gasteiger partial charge in [0.2, 0.25) is 0 Å². The first kappa shape index (κ1) is 112. The van der Waals surface area contributed by atoms with Crippen LogP contribution in [-0.2, 0) is 125 Å². The highest BCUT2D eigenvalue weighted by atomic mass is 32.2. The van der Waals surface area contributed by atoms with Crippen molar-refractivity contribution in [3.63, 3.8) is 0 Å². The monoisotopic (exact) mass is 2080 g/mol. The summed E-state index contributed by atoms with van der Waals surface area (Å²) in [5.74, 6) is -10.2. The molecule has 8 saturated carbocycles. The van der Waals surface area contributed by atoms with Crippen LogP contribution in [0.3, 0.4) is 0 Å². The number of fused-ring (bicyclic) bond motifs is 2. The van der Waals surface area contributed by atoms with Gasteiger partial charge in [0.15, 0.2) is 0 Å². The molecule has 8 fully saturated rings. The van der Waals surface area contributed by atoms with E-state index in [-0.39, 0.29) is 117 Å². The third-order valence-electron chi connectivity index (χ3n) is 25.3. The quantitative estimate of drug-likeness (QED) is 0.0117. The molecule has 0 N–H and O–H groups in total. The Balaban J connectivity index is 0.000000163. The van der Waals surface area contributed by atoms with Crippen molar-refractivity contribution in [2.45, 2.75) is 108 Å². The van der Waals surface area contributed by atoms with Crippen molar-refractivity contribution < 1.29 is 165 Å². The van der Waals surface area contributed by atoms with Crippen LogP contribution in [0.2, 0.25) is 0 Å². The maximum atomic E-state index is 13.3. The largest absolute Gasteiger partial charge is 0.748 e. The molecule has 10 radical (unpaired) electrons. The van der Waals surface area contributed by atoms with E-state index in [1.54, 1.807) is 97.1 Å². The number of hydrogen-bond acceptors (Lipinski definition) is 36. The number of ketones is 1. The molecule has 36 nitrogen and oxygen atoms in total. The Morgan fingerprint density at radius 2 is 0.623 bits per heavy atom. The zero-order chi connectivity index (χ0) is 106. The van der Waals surface area contributed by atoms with Gasteiger partial charge >= 0.3 is 59.7 Å². The third-order valence-corrected chi connectivity index (χ3v) is 28.7. The van der Waals surface area contributed by atoms with Crippen LogP contribution < -0.4 is 23.7 Å². The number of rotatable bonds is 35. The van der Waals surface area contributed by atoms with Crippen LogP contribution in [0.25, 0.3) is 16.8 Å². The molecule has 3 unspecified atom stereocenters. The van der Waals surface area contributed by atoms with E-state index in [2.05, 4.69) is 0 Å². The first-order chi connectivity index (χ1) is 69.1. The van der Waals surface area contributed by atoms with Crippen molar-refractivity contribution in [2.75, 3.05) is 61.8 Å². The van der Waals surface area contributed by atoms with Gasteiger partial charge < -0.3 is 70.1 Å². The molecule has 9 aliphatic carbocycles.